The maximum absolute atomic E-state index is 5.56. The SMILES string of the molecule is Cc1ccc(C2NC(C)Cc3occc32)cc1. The smallest absolute Gasteiger partial charge is 0.110 e. The van der Waals surface area contributed by atoms with E-state index in [1.54, 1.807) is 6.26 Å². The van der Waals surface area contributed by atoms with Crippen LogP contribution in [0.15, 0.2) is 41.0 Å². The first kappa shape index (κ1) is 10.6. The normalized spacial score (nSPS) is 23.4. The lowest BCUT2D eigenvalue weighted by Gasteiger charge is -2.28. The van der Waals surface area contributed by atoms with E-state index in [2.05, 4.69) is 49.5 Å². The van der Waals surface area contributed by atoms with E-state index in [1.165, 1.54) is 16.7 Å². The van der Waals surface area contributed by atoms with Crippen LogP contribution in [0, 0.1) is 6.92 Å². The monoisotopic (exact) mass is 227 g/mol. The van der Waals surface area contributed by atoms with Crippen LogP contribution in [-0.2, 0) is 6.42 Å². The van der Waals surface area contributed by atoms with Crippen molar-refractivity contribution in [2.45, 2.75) is 32.4 Å². The van der Waals surface area contributed by atoms with E-state index in [9.17, 15) is 0 Å². The minimum atomic E-state index is 0.271. The second kappa shape index (κ2) is 4.04. The maximum Gasteiger partial charge on any atom is 0.110 e. The molecule has 0 fully saturated rings. The highest BCUT2D eigenvalue weighted by Gasteiger charge is 2.27. The van der Waals surface area contributed by atoms with Crippen molar-refractivity contribution in [1.29, 1.82) is 0 Å². The number of hydrogen-bond acceptors (Lipinski definition) is 2. The van der Waals surface area contributed by atoms with Crippen molar-refractivity contribution >= 4 is 0 Å². The molecule has 17 heavy (non-hydrogen) atoms. The Morgan fingerprint density at radius 3 is 2.71 bits per heavy atom. The summed E-state index contributed by atoms with van der Waals surface area (Å²) in [6.07, 6.45) is 2.77. The summed E-state index contributed by atoms with van der Waals surface area (Å²) in [6.45, 7) is 4.32. The molecule has 1 aliphatic rings. The molecule has 0 radical (unpaired) electrons. The number of aryl methyl sites for hydroxylation is 1. The van der Waals surface area contributed by atoms with Gasteiger partial charge >= 0.3 is 0 Å². The predicted octanol–water partition coefficient (Wildman–Crippen LogP) is 3.21. The van der Waals surface area contributed by atoms with Gasteiger partial charge in [0.05, 0.1) is 12.3 Å². The van der Waals surface area contributed by atoms with Crippen molar-refractivity contribution in [2.75, 3.05) is 0 Å². The van der Waals surface area contributed by atoms with Crippen LogP contribution in [0.3, 0.4) is 0 Å². The molecule has 2 nitrogen and oxygen atoms in total. The molecule has 2 heterocycles. The van der Waals surface area contributed by atoms with Gasteiger partial charge in [0.1, 0.15) is 5.76 Å². The van der Waals surface area contributed by atoms with Crippen LogP contribution in [0.4, 0.5) is 0 Å². The van der Waals surface area contributed by atoms with Gasteiger partial charge in [-0.3, -0.25) is 0 Å². The Balaban J connectivity index is 2.01. The molecule has 0 amide bonds. The van der Waals surface area contributed by atoms with Crippen LogP contribution in [-0.4, -0.2) is 6.04 Å². The summed E-state index contributed by atoms with van der Waals surface area (Å²) >= 11 is 0. The summed E-state index contributed by atoms with van der Waals surface area (Å²) in [5.74, 6) is 1.13. The van der Waals surface area contributed by atoms with Gasteiger partial charge < -0.3 is 9.73 Å². The molecule has 3 rings (SSSR count). The van der Waals surface area contributed by atoms with E-state index in [4.69, 9.17) is 4.42 Å². The summed E-state index contributed by atoms with van der Waals surface area (Å²) in [5, 5.41) is 3.63. The summed E-state index contributed by atoms with van der Waals surface area (Å²) in [6, 6.07) is 11.5. The quantitative estimate of drug-likeness (QED) is 0.809. The van der Waals surface area contributed by atoms with Crippen molar-refractivity contribution < 1.29 is 4.42 Å². The highest BCUT2D eigenvalue weighted by atomic mass is 16.3. The molecule has 1 aromatic heterocycles. The Morgan fingerprint density at radius 1 is 1.18 bits per heavy atom. The number of nitrogens with one attached hydrogen (secondary N) is 1. The van der Waals surface area contributed by atoms with Gasteiger partial charge in [-0.2, -0.15) is 0 Å². The largest absolute Gasteiger partial charge is 0.469 e. The van der Waals surface area contributed by atoms with Gasteiger partial charge in [-0.15, -0.1) is 0 Å². The Labute approximate surface area is 102 Å². The number of rotatable bonds is 1. The lowest BCUT2D eigenvalue weighted by Crippen LogP contribution is -2.37. The Kier molecular flexibility index (Phi) is 2.52. The molecule has 0 saturated heterocycles. The van der Waals surface area contributed by atoms with Crippen molar-refractivity contribution in [3.8, 4) is 0 Å². The van der Waals surface area contributed by atoms with E-state index in [1.807, 2.05) is 0 Å². The second-order valence-corrected chi connectivity index (χ2v) is 4.91. The molecule has 88 valence electrons. The Bertz CT molecular complexity index is 512. The molecule has 1 aliphatic heterocycles. The van der Waals surface area contributed by atoms with Crippen molar-refractivity contribution in [2.24, 2.45) is 0 Å². The number of hydrogen-bond donors (Lipinski definition) is 1. The molecule has 1 aromatic carbocycles. The molecule has 0 spiro atoms. The Morgan fingerprint density at radius 2 is 1.94 bits per heavy atom. The van der Waals surface area contributed by atoms with Crippen molar-refractivity contribution in [3.05, 3.63) is 59.0 Å². The van der Waals surface area contributed by atoms with E-state index in [0.717, 1.165) is 12.2 Å². The van der Waals surface area contributed by atoms with E-state index in [-0.39, 0.29) is 6.04 Å². The fraction of sp³-hybridized carbons (Fsp3) is 0.333. The predicted molar refractivity (Wildman–Crippen MR) is 68.0 cm³/mol. The fourth-order valence-electron chi connectivity index (χ4n) is 2.52. The number of fused-ring (bicyclic) bond motifs is 1. The highest BCUT2D eigenvalue weighted by molar-refractivity contribution is 5.36. The van der Waals surface area contributed by atoms with Gasteiger partial charge in [0.25, 0.3) is 0 Å². The lowest BCUT2D eigenvalue weighted by atomic mass is 9.92. The van der Waals surface area contributed by atoms with E-state index >= 15 is 0 Å². The zero-order valence-electron chi connectivity index (χ0n) is 10.2. The van der Waals surface area contributed by atoms with E-state index in [0.29, 0.717) is 6.04 Å². The van der Waals surface area contributed by atoms with Gasteiger partial charge in [0, 0.05) is 18.0 Å². The third-order valence-electron chi connectivity index (χ3n) is 3.44. The van der Waals surface area contributed by atoms with Crippen LogP contribution >= 0.6 is 0 Å². The van der Waals surface area contributed by atoms with Crippen LogP contribution in [0.25, 0.3) is 0 Å². The highest BCUT2D eigenvalue weighted by Crippen LogP contribution is 2.31. The minimum Gasteiger partial charge on any atom is -0.469 e. The summed E-state index contributed by atoms with van der Waals surface area (Å²) < 4.78 is 5.56. The first-order chi connectivity index (χ1) is 8.24. The molecular weight excluding hydrogens is 210 g/mol. The van der Waals surface area contributed by atoms with E-state index < -0.39 is 0 Å². The summed E-state index contributed by atoms with van der Waals surface area (Å²) in [4.78, 5) is 0. The molecular formula is C15H17NO. The minimum absolute atomic E-state index is 0.271. The van der Waals surface area contributed by atoms with Crippen molar-refractivity contribution in [3.63, 3.8) is 0 Å². The average Bonchev–Trinajstić information content (AvgIpc) is 2.77. The van der Waals surface area contributed by atoms with Crippen molar-refractivity contribution in [1.82, 2.24) is 5.32 Å². The first-order valence-electron chi connectivity index (χ1n) is 6.13. The van der Waals surface area contributed by atoms with Crippen LogP contribution in [0.5, 0.6) is 0 Å². The van der Waals surface area contributed by atoms with Gasteiger partial charge in [-0.1, -0.05) is 29.8 Å². The van der Waals surface area contributed by atoms with Crippen LogP contribution in [0.1, 0.15) is 35.4 Å². The fourth-order valence-corrected chi connectivity index (χ4v) is 2.52. The zero-order chi connectivity index (χ0) is 11.8. The zero-order valence-corrected chi connectivity index (χ0v) is 10.2. The van der Waals surface area contributed by atoms with Gasteiger partial charge in [0.2, 0.25) is 0 Å². The first-order valence-corrected chi connectivity index (χ1v) is 6.13. The molecule has 2 unspecified atom stereocenters. The summed E-state index contributed by atoms with van der Waals surface area (Å²) in [5.41, 5.74) is 3.89. The second-order valence-electron chi connectivity index (χ2n) is 4.91. The van der Waals surface area contributed by atoms with Gasteiger partial charge in [-0.05, 0) is 25.5 Å². The number of furan rings is 1. The molecule has 0 aliphatic carbocycles. The molecule has 0 bridgehead atoms. The third-order valence-corrected chi connectivity index (χ3v) is 3.44. The molecule has 2 heteroatoms. The van der Waals surface area contributed by atoms with Gasteiger partial charge in [-0.25, -0.2) is 0 Å². The molecule has 2 aromatic rings. The van der Waals surface area contributed by atoms with Crippen LogP contribution in [0.2, 0.25) is 0 Å². The molecule has 0 saturated carbocycles. The maximum atomic E-state index is 5.56. The molecule has 1 N–H and O–H groups in total. The number of benzene rings is 1. The Hall–Kier alpha value is -1.54. The average molecular weight is 227 g/mol. The topological polar surface area (TPSA) is 25.2 Å². The standard InChI is InChI=1S/C15H17NO/c1-10-3-5-12(6-4-10)15-13-7-8-17-14(13)9-11(2)16-15/h3-8,11,15-16H,9H2,1-2H3. The van der Waals surface area contributed by atoms with Crippen LogP contribution < -0.4 is 5.32 Å². The summed E-state index contributed by atoms with van der Waals surface area (Å²) in [7, 11) is 0. The lowest BCUT2D eigenvalue weighted by molar-refractivity contribution is 0.400. The van der Waals surface area contributed by atoms with Gasteiger partial charge in [0.15, 0.2) is 0 Å². The molecule has 2 atom stereocenters. The third kappa shape index (κ3) is 1.89.